The molecule has 21 heavy (non-hydrogen) atoms. The first-order valence-corrected chi connectivity index (χ1v) is 9.23. The zero-order valence-electron chi connectivity index (χ0n) is 12.8. The summed E-state index contributed by atoms with van der Waals surface area (Å²) in [5, 5.41) is 2.96. The molecule has 4 nitrogen and oxygen atoms in total. The summed E-state index contributed by atoms with van der Waals surface area (Å²) >= 11 is 0. The first-order valence-electron chi connectivity index (χ1n) is 7.41. The number of rotatable bonds is 3. The predicted octanol–water partition coefficient (Wildman–Crippen LogP) is 2.88. The quantitative estimate of drug-likeness (QED) is 0.934. The normalized spacial score (nSPS) is 21.2. The maximum absolute atomic E-state index is 12.4. The average molecular weight is 309 g/mol. The number of para-hydroxylation sites is 1. The van der Waals surface area contributed by atoms with Crippen LogP contribution in [0, 0.1) is 12.8 Å². The maximum atomic E-state index is 12.4. The number of carbonyl (C=O) groups excluding carboxylic acids is 1. The molecule has 1 amide bonds. The lowest BCUT2D eigenvalue weighted by molar-refractivity contribution is -0.119. The van der Waals surface area contributed by atoms with Crippen molar-refractivity contribution in [2.24, 2.45) is 5.92 Å². The lowest BCUT2D eigenvalue weighted by Gasteiger charge is -2.23. The summed E-state index contributed by atoms with van der Waals surface area (Å²) in [7, 11) is -3.07. The lowest BCUT2D eigenvalue weighted by atomic mass is 9.97. The molecule has 1 aliphatic rings. The van der Waals surface area contributed by atoms with Gasteiger partial charge in [-0.05, 0) is 36.8 Å². The van der Waals surface area contributed by atoms with Crippen molar-refractivity contribution in [3.63, 3.8) is 0 Å². The fourth-order valence-electron chi connectivity index (χ4n) is 2.80. The molecule has 1 aromatic carbocycles. The molecule has 1 heterocycles. The monoisotopic (exact) mass is 309 g/mol. The van der Waals surface area contributed by atoms with Crippen molar-refractivity contribution in [2.75, 3.05) is 16.8 Å². The Kier molecular flexibility index (Phi) is 4.71. The van der Waals surface area contributed by atoms with Gasteiger partial charge in [0.2, 0.25) is 5.91 Å². The molecule has 5 heteroatoms. The van der Waals surface area contributed by atoms with Crippen LogP contribution in [0.25, 0.3) is 0 Å². The van der Waals surface area contributed by atoms with Gasteiger partial charge in [-0.15, -0.1) is 0 Å². The summed E-state index contributed by atoms with van der Waals surface area (Å²) in [6.45, 7) is 6.12. The number of amides is 1. The highest BCUT2D eigenvalue weighted by atomic mass is 32.2. The number of carbonyl (C=O) groups is 1. The van der Waals surface area contributed by atoms with E-state index in [-0.39, 0.29) is 17.4 Å². The number of sulfone groups is 1. The second kappa shape index (κ2) is 6.18. The number of aryl methyl sites for hydroxylation is 1. The number of anilines is 1. The Morgan fingerprint density at radius 2 is 2.05 bits per heavy atom. The van der Waals surface area contributed by atoms with Crippen LogP contribution in [0.5, 0.6) is 0 Å². The molecule has 1 unspecified atom stereocenters. The molecule has 1 atom stereocenters. The van der Waals surface area contributed by atoms with E-state index in [0.29, 0.717) is 18.8 Å². The number of hydrogen-bond acceptors (Lipinski definition) is 3. The molecule has 1 aromatic rings. The second-order valence-corrected chi connectivity index (χ2v) is 8.37. The average Bonchev–Trinajstić information content (AvgIpc) is 2.39. The van der Waals surface area contributed by atoms with E-state index in [1.165, 1.54) is 0 Å². The van der Waals surface area contributed by atoms with E-state index in [0.717, 1.165) is 16.8 Å². The molecule has 2 rings (SSSR count). The predicted molar refractivity (Wildman–Crippen MR) is 85.3 cm³/mol. The molecule has 1 fully saturated rings. The maximum Gasteiger partial charge on any atom is 0.228 e. The Balaban J connectivity index is 2.20. The third-order valence-electron chi connectivity index (χ3n) is 4.01. The number of hydrogen-bond donors (Lipinski definition) is 1. The largest absolute Gasteiger partial charge is 0.325 e. The number of nitrogens with one attached hydrogen (secondary N) is 1. The molecule has 1 aliphatic heterocycles. The van der Waals surface area contributed by atoms with Gasteiger partial charge in [0.15, 0.2) is 9.84 Å². The molecule has 0 radical (unpaired) electrons. The zero-order valence-corrected chi connectivity index (χ0v) is 13.7. The van der Waals surface area contributed by atoms with Gasteiger partial charge < -0.3 is 5.32 Å². The first kappa shape index (κ1) is 16.0. The summed E-state index contributed by atoms with van der Waals surface area (Å²) in [4.78, 5) is 12.4. The SMILES string of the molecule is Cc1cccc(C(C)C)c1NC(=O)C1CCCS(=O)(=O)C1. The molecule has 0 aliphatic carbocycles. The Hall–Kier alpha value is -1.36. The van der Waals surface area contributed by atoms with Gasteiger partial charge >= 0.3 is 0 Å². The van der Waals surface area contributed by atoms with Gasteiger partial charge in [-0.3, -0.25) is 4.79 Å². The topological polar surface area (TPSA) is 63.2 Å². The van der Waals surface area contributed by atoms with Crippen LogP contribution in [0.4, 0.5) is 5.69 Å². The third-order valence-corrected chi connectivity index (χ3v) is 5.83. The van der Waals surface area contributed by atoms with Crippen molar-refractivity contribution < 1.29 is 13.2 Å². The van der Waals surface area contributed by atoms with E-state index in [4.69, 9.17) is 0 Å². The fraction of sp³-hybridized carbons (Fsp3) is 0.562. The van der Waals surface area contributed by atoms with E-state index in [9.17, 15) is 13.2 Å². The van der Waals surface area contributed by atoms with Gasteiger partial charge in [0.1, 0.15) is 0 Å². The van der Waals surface area contributed by atoms with Gasteiger partial charge in [-0.1, -0.05) is 32.0 Å². The van der Waals surface area contributed by atoms with Crippen molar-refractivity contribution in [3.8, 4) is 0 Å². The van der Waals surface area contributed by atoms with Crippen LogP contribution in [0.1, 0.15) is 43.7 Å². The Morgan fingerprint density at radius 1 is 1.33 bits per heavy atom. The molecule has 0 saturated carbocycles. The highest BCUT2D eigenvalue weighted by molar-refractivity contribution is 7.91. The summed E-state index contributed by atoms with van der Waals surface area (Å²) in [5.74, 6) is -0.117. The number of benzene rings is 1. The molecule has 1 N–H and O–H groups in total. The highest BCUT2D eigenvalue weighted by Crippen LogP contribution is 2.29. The zero-order chi connectivity index (χ0) is 15.6. The molecule has 116 valence electrons. The van der Waals surface area contributed by atoms with Gasteiger partial charge in [-0.2, -0.15) is 0 Å². The molecule has 0 aromatic heterocycles. The van der Waals surface area contributed by atoms with Crippen molar-refractivity contribution in [2.45, 2.75) is 39.5 Å². The van der Waals surface area contributed by atoms with E-state index in [1.807, 2.05) is 25.1 Å². The Labute approximate surface area is 126 Å². The van der Waals surface area contributed by atoms with Crippen LogP contribution in [0.3, 0.4) is 0 Å². The minimum absolute atomic E-state index is 0.0261. The summed E-state index contributed by atoms with van der Waals surface area (Å²) in [5.41, 5.74) is 2.93. The lowest BCUT2D eigenvalue weighted by Crippen LogP contribution is -2.34. The van der Waals surface area contributed by atoms with Gasteiger partial charge in [0, 0.05) is 5.69 Å². The van der Waals surface area contributed by atoms with Crippen LogP contribution in [0.15, 0.2) is 18.2 Å². The van der Waals surface area contributed by atoms with Gasteiger partial charge in [0.05, 0.1) is 17.4 Å². The Bertz CT molecular complexity index is 635. The van der Waals surface area contributed by atoms with Crippen LogP contribution in [0.2, 0.25) is 0 Å². The van der Waals surface area contributed by atoms with Crippen molar-refractivity contribution in [1.29, 1.82) is 0 Å². The van der Waals surface area contributed by atoms with Crippen molar-refractivity contribution in [3.05, 3.63) is 29.3 Å². The van der Waals surface area contributed by atoms with Crippen LogP contribution < -0.4 is 5.32 Å². The van der Waals surface area contributed by atoms with E-state index >= 15 is 0 Å². The summed E-state index contributed by atoms with van der Waals surface area (Å²) in [6, 6.07) is 5.94. The smallest absolute Gasteiger partial charge is 0.228 e. The standard InChI is InChI=1S/C16H23NO3S/c1-11(2)14-8-4-6-12(3)15(14)17-16(18)13-7-5-9-21(19,20)10-13/h4,6,8,11,13H,5,7,9-10H2,1-3H3,(H,17,18). The van der Waals surface area contributed by atoms with Crippen LogP contribution in [-0.2, 0) is 14.6 Å². The van der Waals surface area contributed by atoms with E-state index < -0.39 is 15.8 Å². The molecule has 1 saturated heterocycles. The van der Waals surface area contributed by atoms with Crippen molar-refractivity contribution in [1.82, 2.24) is 0 Å². The second-order valence-electron chi connectivity index (χ2n) is 6.14. The highest BCUT2D eigenvalue weighted by Gasteiger charge is 2.30. The Morgan fingerprint density at radius 3 is 2.67 bits per heavy atom. The van der Waals surface area contributed by atoms with Crippen LogP contribution in [-0.4, -0.2) is 25.8 Å². The summed E-state index contributed by atoms with van der Waals surface area (Å²) in [6.07, 6.45) is 1.22. The van der Waals surface area contributed by atoms with E-state index in [1.54, 1.807) is 0 Å². The van der Waals surface area contributed by atoms with Crippen molar-refractivity contribution >= 4 is 21.4 Å². The van der Waals surface area contributed by atoms with Crippen LogP contribution >= 0.6 is 0 Å². The molecular weight excluding hydrogens is 286 g/mol. The first-order chi connectivity index (χ1) is 9.80. The fourth-order valence-corrected chi connectivity index (χ4v) is 4.50. The van der Waals surface area contributed by atoms with E-state index in [2.05, 4.69) is 19.2 Å². The van der Waals surface area contributed by atoms with Gasteiger partial charge in [0.25, 0.3) is 0 Å². The van der Waals surface area contributed by atoms with Gasteiger partial charge in [-0.25, -0.2) is 8.42 Å². The molecule has 0 spiro atoms. The molecule has 0 bridgehead atoms. The molecular formula is C16H23NO3S. The summed E-state index contributed by atoms with van der Waals surface area (Å²) < 4.78 is 23.4. The minimum Gasteiger partial charge on any atom is -0.325 e. The minimum atomic E-state index is -3.07. The third kappa shape index (κ3) is 3.84.